The van der Waals surface area contributed by atoms with Crippen LogP contribution in [0.25, 0.3) is 0 Å². The summed E-state index contributed by atoms with van der Waals surface area (Å²) < 4.78 is 5.25. The van der Waals surface area contributed by atoms with Gasteiger partial charge in [0.1, 0.15) is 0 Å². The van der Waals surface area contributed by atoms with Crippen molar-refractivity contribution < 1.29 is 14.3 Å². The summed E-state index contributed by atoms with van der Waals surface area (Å²) in [7, 11) is 0. The molecule has 0 aromatic heterocycles. The van der Waals surface area contributed by atoms with E-state index in [0.29, 0.717) is 6.42 Å². The summed E-state index contributed by atoms with van der Waals surface area (Å²) in [5.41, 5.74) is -0.908. The standard InChI is InChI=1S/C18H30O3/c1-7-16(5,8-2)11-17(6)12-18(10-9-15(18,3)4)14(20)21-13(17)19/h7-12H2,1-6H3. The minimum absolute atomic E-state index is 0.0547. The van der Waals surface area contributed by atoms with Crippen molar-refractivity contribution in [2.75, 3.05) is 0 Å². The quantitative estimate of drug-likeness (QED) is 0.567. The molecule has 21 heavy (non-hydrogen) atoms. The summed E-state index contributed by atoms with van der Waals surface area (Å²) in [5, 5.41) is 0. The Morgan fingerprint density at radius 1 is 1.05 bits per heavy atom. The molecule has 2 fully saturated rings. The van der Waals surface area contributed by atoms with Crippen LogP contribution >= 0.6 is 0 Å². The Balaban J connectivity index is 2.31. The van der Waals surface area contributed by atoms with Gasteiger partial charge in [-0.1, -0.05) is 47.5 Å². The van der Waals surface area contributed by atoms with E-state index in [2.05, 4.69) is 34.6 Å². The van der Waals surface area contributed by atoms with E-state index in [1.54, 1.807) is 0 Å². The number of carbonyl (C=O) groups excluding carboxylic acids is 2. The van der Waals surface area contributed by atoms with Gasteiger partial charge in [-0.3, -0.25) is 9.59 Å². The first-order valence-corrected chi connectivity index (χ1v) is 8.31. The summed E-state index contributed by atoms with van der Waals surface area (Å²) in [6.07, 6.45) is 5.42. The van der Waals surface area contributed by atoms with Gasteiger partial charge in [0.2, 0.25) is 0 Å². The SMILES string of the molecule is CCC(C)(CC)CC1(C)CC2(CCC2(C)C)C(=O)OC1=O. The number of carbonyl (C=O) groups is 2. The van der Waals surface area contributed by atoms with Crippen LogP contribution in [-0.4, -0.2) is 11.9 Å². The van der Waals surface area contributed by atoms with Crippen molar-refractivity contribution in [1.82, 2.24) is 0 Å². The zero-order valence-electron chi connectivity index (χ0n) is 14.5. The first-order chi connectivity index (χ1) is 9.54. The Bertz CT molecular complexity index is 461. The van der Waals surface area contributed by atoms with E-state index < -0.39 is 10.8 Å². The Morgan fingerprint density at radius 2 is 1.62 bits per heavy atom. The predicted molar refractivity (Wildman–Crippen MR) is 82.6 cm³/mol. The van der Waals surface area contributed by atoms with Crippen LogP contribution in [0.5, 0.6) is 0 Å². The van der Waals surface area contributed by atoms with E-state index in [-0.39, 0.29) is 22.8 Å². The van der Waals surface area contributed by atoms with Gasteiger partial charge in [-0.05, 0) is 43.4 Å². The summed E-state index contributed by atoms with van der Waals surface area (Å²) in [5.74, 6) is -0.593. The topological polar surface area (TPSA) is 43.4 Å². The van der Waals surface area contributed by atoms with Crippen molar-refractivity contribution in [3.8, 4) is 0 Å². The molecule has 0 aromatic rings. The first-order valence-electron chi connectivity index (χ1n) is 8.31. The second-order valence-corrected chi connectivity index (χ2v) is 8.57. The highest BCUT2D eigenvalue weighted by Crippen LogP contribution is 2.65. The molecule has 0 radical (unpaired) electrons. The van der Waals surface area contributed by atoms with Gasteiger partial charge in [-0.15, -0.1) is 0 Å². The van der Waals surface area contributed by atoms with Crippen LogP contribution in [0.2, 0.25) is 0 Å². The third kappa shape index (κ3) is 2.33. The smallest absolute Gasteiger partial charge is 0.320 e. The fourth-order valence-electron chi connectivity index (χ4n) is 4.32. The first kappa shape index (κ1) is 16.5. The monoisotopic (exact) mass is 294 g/mol. The van der Waals surface area contributed by atoms with E-state index in [1.165, 1.54) is 0 Å². The van der Waals surface area contributed by atoms with Gasteiger partial charge in [0, 0.05) is 0 Å². The number of esters is 2. The largest absolute Gasteiger partial charge is 0.392 e. The fraction of sp³-hybridized carbons (Fsp3) is 0.889. The molecule has 2 atom stereocenters. The van der Waals surface area contributed by atoms with Crippen molar-refractivity contribution >= 4 is 11.9 Å². The molecule has 1 aliphatic heterocycles. The zero-order valence-corrected chi connectivity index (χ0v) is 14.5. The third-order valence-electron chi connectivity index (χ3n) is 6.76. The molecule has 3 heteroatoms. The van der Waals surface area contributed by atoms with Crippen LogP contribution in [0, 0.1) is 21.7 Å². The summed E-state index contributed by atoms with van der Waals surface area (Å²) in [4.78, 5) is 24.8. The highest BCUT2D eigenvalue weighted by atomic mass is 16.6. The minimum atomic E-state index is -0.535. The van der Waals surface area contributed by atoms with Crippen LogP contribution in [0.1, 0.15) is 80.1 Å². The van der Waals surface area contributed by atoms with Crippen molar-refractivity contribution in [2.45, 2.75) is 80.1 Å². The molecule has 120 valence electrons. The highest BCUT2D eigenvalue weighted by Gasteiger charge is 2.66. The average Bonchev–Trinajstić information content (AvgIpc) is 2.42. The zero-order chi connectivity index (χ0) is 16.1. The predicted octanol–water partition coefficient (Wildman–Crippen LogP) is 4.49. The Labute approximate surface area is 128 Å². The molecule has 3 nitrogen and oxygen atoms in total. The molecule has 1 saturated carbocycles. The summed E-state index contributed by atoms with van der Waals surface area (Å²) >= 11 is 0. The van der Waals surface area contributed by atoms with Crippen molar-refractivity contribution in [3.63, 3.8) is 0 Å². The van der Waals surface area contributed by atoms with Gasteiger partial charge in [0.05, 0.1) is 10.8 Å². The maximum atomic E-state index is 12.4. The molecule has 0 aromatic carbocycles. The number of hydrogen-bond donors (Lipinski definition) is 0. The normalized spacial score (nSPS) is 35.5. The van der Waals surface area contributed by atoms with E-state index in [4.69, 9.17) is 4.74 Å². The molecule has 2 rings (SSSR count). The third-order valence-corrected chi connectivity index (χ3v) is 6.76. The van der Waals surface area contributed by atoms with Gasteiger partial charge in [-0.25, -0.2) is 0 Å². The molecule has 1 saturated heterocycles. The lowest BCUT2D eigenvalue weighted by Gasteiger charge is -2.59. The van der Waals surface area contributed by atoms with Gasteiger partial charge in [0.25, 0.3) is 0 Å². The summed E-state index contributed by atoms with van der Waals surface area (Å²) in [6.45, 7) is 12.9. The Morgan fingerprint density at radius 3 is 2.00 bits per heavy atom. The van der Waals surface area contributed by atoms with Crippen LogP contribution in [0.15, 0.2) is 0 Å². The highest BCUT2D eigenvalue weighted by molar-refractivity contribution is 5.95. The van der Waals surface area contributed by atoms with Crippen LogP contribution in [-0.2, 0) is 14.3 Å². The summed E-state index contributed by atoms with van der Waals surface area (Å²) in [6, 6.07) is 0. The molecular weight excluding hydrogens is 264 g/mol. The molecule has 1 heterocycles. The van der Waals surface area contributed by atoms with Crippen molar-refractivity contribution in [2.24, 2.45) is 21.7 Å². The fourth-order valence-corrected chi connectivity index (χ4v) is 4.32. The molecule has 0 N–H and O–H groups in total. The van der Waals surface area contributed by atoms with E-state index in [0.717, 1.165) is 32.1 Å². The molecule has 2 aliphatic rings. The van der Waals surface area contributed by atoms with Crippen molar-refractivity contribution in [1.29, 1.82) is 0 Å². The van der Waals surface area contributed by atoms with E-state index in [9.17, 15) is 9.59 Å². The number of ether oxygens (including phenoxy) is 1. The van der Waals surface area contributed by atoms with E-state index in [1.807, 2.05) is 6.92 Å². The van der Waals surface area contributed by atoms with Gasteiger partial charge < -0.3 is 4.74 Å². The lowest BCUT2D eigenvalue weighted by Crippen LogP contribution is -2.61. The maximum absolute atomic E-state index is 12.4. The van der Waals surface area contributed by atoms with Crippen LogP contribution in [0.4, 0.5) is 0 Å². The van der Waals surface area contributed by atoms with Crippen LogP contribution < -0.4 is 0 Å². The lowest BCUT2D eigenvalue weighted by atomic mass is 9.45. The second kappa shape index (κ2) is 4.82. The molecule has 2 unspecified atom stereocenters. The molecule has 1 spiro atoms. The van der Waals surface area contributed by atoms with Gasteiger partial charge in [0.15, 0.2) is 0 Å². The Hall–Kier alpha value is -0.860. The Kier molecular flexibility index (Phi) is 3.79. The minimum Gasteiger partial charge on any atom is -0.392 e. The molecule has 1 aliphatic carbocycles. The lowest BCUT2D eigenvalue weighted by molar-refractivity contribution is -0.210. The number of cyclic esters (lactones) is 2. The molecule has 0 bridgehead atoms. The van der Waals surface area contributed by atoms with Gasteiger partial charge in [-0.2, -0.15) is 0 Å². The number of hydrogen-bond acceptors (Lipinski definition) is 3. The average molecular weight is 294 g/mol. The van der Waals surface area contributed by atoms with Crippen LogP contribution in [0.3, 0.4) is 0 Å². The second-order valence-electron chi connectivity index (χ2n) is 8.57. The van der Waals surface area contributed by atoms with E-state index >= 15 is 0 Å². The van der Waals surface area contributed by atoms with Crippen molar-refractivity contribution in [3.05, 3.63) is 0 Å². The maximum Gasteiger partial charge on any atom is 0.320 e. The molecular formula is C18H30O3. The molecule has 0 amide bonds. The van der Waals surface area contributed by atoms with Gasteiger partial charge >= 0.3 is 11.9 Å². The number of rotatable bonds is 4.